The highest BCUT2D eigenvalue weighted by Crippen LogP contribution is 2.25. The molecule has 0 heterocycles. The van der Waals surface area contributed by atoms with Crippen LogP contribution in [0.2, 0.25) is 0 Å². The van der Waals surface area contributed by atoms with Crippen LogP contribution >= 0.6 is 15.9 Å². The average Bonchev–Trinajstić information content (AvgIpc) is 2.42. The molecule has 110 valence electrons. The van der Waals surface area contributed by atoms with E-state index in [1.165, 1.54) is 5.56 Å². The van der Waals surface area contributed by atoms with Crippen molar-refractivity contribution in [3.05, 3.63) is 63.1 Å². The second-order valence-corrected chi connectivity index (χ2v) is 6.56. The smallest absolute Gasteiger partial charge is 0.255 e. The Balaban J connectivity index is 2.22. The first-order valence-corrected chi connectivity index (χ1v) is 7.86. The maximum atomic E-state index is 12.4. The number of amides is 1. The van der Waals surface area contributed by atoms with E-state index in [1.54, 1.807) is 0 Å². The van der Waals surface area contributed by atoms with E-state index in [4.69, 9.17) is 0 Å². The summed E-state index contributed by atoms with van der Waals surface area (Å²) in [7, 11) is 0. The second kappa shape index (κ2) is 6.44. The number of rotatable bonds is 3. The van der Waals surface area contributed by atoms with Gasteiger partial charge < -0.3 is 5.32 Å². The van der Waals surface area contributed by atoms with Crippen LogP contribution in [0.3, 0.4) is 0 Å². The van der Waals surface area contributed by atoms with Gasteiger partial charge in [0, 0.05) is 15.7 Å². The summed E-state index contributed by atoms with van der Waals surface area (Å²) in [6, 6.07) is 11.8. The minimum absolute atomic E-state index is 0.0705. The maximum Gasteiger partial charge on any atom is 0.255 e. The number of carbonyl (C=O) groups is 1. The lowest BCUT2D eigenvalue weighted by Crippen LogP contribution is -2.13. The first kappa shape index (κ1) is 15.8. The van der Waals surface area contributed by atoms with Crippen molar-refractivity contribution in [3.63, 3.8) is 0 Å². The molecule has 0 bridgehead atoms. The van der Waals surface area contributed by atoms with Gasteiger partial charge in [-0.15, -0.1) is 0 Å². The summed E-state index contributed by atoms with van der Waals surface area (Å²) < 4.78 is 1.02. The van der Waals surface area contributed by atoms with Gasteiger partial charge in [-0.25, -0.2) is 0 Å². The fraction of sp³-hybridized carbons (Fsp3) is 0.278. The number of aryl methyl sites for hydroxylation is 2. The first-order valence-electron chi connectivity index (χ1n) is 7.06. The molecular weight excluding hydrogens is 326 g/mol. The third-order valence-electron chi connectivity index (χ3n) is 3.58. The highest BCUT2D eigenvalue weighted by Gasteiger charge is 2.11. The van der Waals surface area contributed by atoms with Crippen LogP contribution < -0.4 is 5.32 Å². The molecule has 2 rings (SSSR count). The van der Waals surface area contributed by atoms with E-state index in [2.05, 4.69) is 35.1 Å². The van der Waals surface area contributed by atoms with Gasteiger partial charge in [-0.2, -0.15) is 0 Å². The lowest BCUT2D eigenvalue weighted by Gasteiger charge is -2.13. The third kappa shape index (κ3) is 3.73. The standard InChI is InChI=1S/C18H20BrNO/c1-11(2)14-5-7-15(8-6-14)18(21)20-17-12(3)9-16(19)10-13(17)4/h5-11H,1-4H3,(H,20,21). The molecule has 2 aromatic rings. The Bertz CT molecular complexity index is 636. The monoisotopic (exact) mass is 345 g/mol. The molecule has 0 atom stereocenters. The number of benzene rings is 2. The van der Waals surface area contributed by atoms with Crippen LogP contribution in [0.5, 0.6) is 0 Å². The zero-order valence-corrected chi connectivity index (χ0v) is 14.4. The summed E-state index contributed by atoms with van der Waals surface area (Å²) in [5.41, 5.74) is 4.91. The van der Waals surface area contributed by atoms with Gasteiger partial charge >= 0.3 is 0 Å². The molecule has 0 spiro atoms. The van der Waals surface area contributed by atoms with Gasteiger partial charge in [0.25, 0.3) is 5.91 Å². The van der Waals surface area contributed by atoms with E-state index in [0.717, 1.165) is 21.3 Å². The molecule has 1 N–H and O–H groups in total. The van der Waals surface area contributed by atoms with Crippen LogP contribution in [0.1, 0.15) is 46.8 Å². The summed E-state index contributed by atoms with van der Waals surface area (Å²) >= 11 is 3.47. The number of carbonyl (C=O) groups excluding carboxylic acids is 1. The van der Waals surface area contributed by atoms with Crippen LogP contribution in [0.15, 0.2) is 40.9 Å². The Kier molecular flexibility index (Phi) is 4.84. The van der Waals surface area contributed by atoms with Crippen molar-refractivity contribution < 1.29 is 4.79 Å². The quantitative estimate of drug-likeness (QED) is 0.788. The predicted molar refractivity (Wildman–Crippen MR) is 92.1 cm³/mol. The number of hydrogen-bond acceptors (Lipinski definition) is 1. The highest BCUT2D eigenvalue weighted by atomic mass is 79.9. The minimum Gasteiger partial charge on any atom is -0.322 e. The normalized spacial score (nSPS) is 10.8. The molecule has 0 saturated heterocycles. The fourth-order valence-corrected chi connectivity index (χ4v) is 3.00. The zero-order valence-electron chi connectivity index (χ0n) is 12.8. The van der Waals surface area contributed by atoms with Crippen molar-refractivity contribution in [3.8, 4) is 0 Å². The van der Waals surface area contributed by atoms with E-state index in [9.17, 15) is 4.79 Å². The Labute approximate surface area is 134 Å². The molecule has 0 aromatic heterocycles. The Morgan fingerprint density at radius 2 is 1.57 bits per heavy atom. The topological polar surface area (TPSA) is 29.1 Å². The zero-order chi connectivity index (χ0) is 15.6. The van der Waals surface area contributed by atoms with Crippen LogP contribution in [0, 0.1) is 13.8 Å². The molecule has 0 aliphatic rings. The van der Waals surface area contributed by atoms with Gasteiger partial charge in [0.1, 0.15) is 0 Å². The molecule has 0 aliphatic heterocycles. The molecule has 0 radical (unpaired) electrons. The summed E-state index contributed by atoms with van der Waals surface area (Å²) in [4.78, 5) is 12.4. The van der Waals surface area contributed by atoms with Gasteiger partial charge in [0.2, 0.25) is 0 Å². The van der Waals surface area contributed by atoms with Crippen LogP contribution in [-0.2, 0) is 0 Å². The van der Waals surface area contributed by atoms with E-state index in [1.807, 2.05) is 50.2 Å². The number of halogens is 1. The highest BCUT2D eigenvalue weighted by molar-refractivity contribution is 9.10. The molecule has 0 unspecified atom stereocenters. The SMILES string of the molecule is Cc1cc(Br)cc(C)c1NC(=O)c1ccc(C(C)C)cc1. The Hall–Kier alpha value is -1.61. The Morgan fingerprint density at radius 3 is 2.05 bits per heavy atom. The molecule has 3 heteroatoms. The molecule has 0 saturated carbocycles. The molecular formula is C18H20BrNO. The molecule has 2 aromatic carbocycles. The molecule has 0 fully saturated rings. The van der Waals surface area contributed by atoms with Gasteiger partial charge in [-0.1, -0.05) is 41.9 Å². The fourth-order valence-electron chi connectivity index (χ4n) is 2.31. The van der Waals surface area contributed by atoms with Gasteiger partial charge in [-0.3, -0.25) is 4.79 Å². The van der Waals surface area contributed by atoms with E-state index >= 15 is 0 Å². The van der Waals surface area contributed by atoms with Crippen LogP contribution in [-0.4, -0.2) is 5.91 Å². The second-order valence-electron chi connectivity index (χ2n) is 5.65. The average molecular weight is 346 g/mol. The largest absolute Gasteiger partial charge is 0.322 e. The van der Waals surface area contributed by atoms with Gasteiger partial charge in [0.05, 0.1) is 0 Å². The summed E-state index contributed by atoms with van der Waals surface area (Å²) in [6.07, 6.45) is 0. The van der Waals surface area contributed by atoms with Crippen molar-refractivity contribution in [1.82, 2.24) is 0 Å². The summed E-state index contributed by atoms with van der Waals surface area (Å²) in [5, 5.41) is 3.01. The first-order chi connectivity index (χ1) is 9.88. The van der Waals surface area contributed by atoms with Crippen LogP contribution in [0.25, 0.3) is 0 Å². The number of nitrogens with one attached hydrogen (secondary N) is 1. The van der Waals surface area contributed by atoms with E-state index < -0.39 is 0 Å². The van der Waals surface area contributed by atoms with Crippen LogP contribution in [0.4, 0.5) is 5.69 Å². The minimum atomic E-state index is -0.0705. The molecule has 21 heavy (non-hydrogen) atoms. The van der Waals surface area contributed by atoms with Crippen molar-refractivity contribution in [2.45, 2.75) is 33.6 Å². The number of hydrogen-bond donors (Lipinski definition) is 1. The summed E-state index contributed by atoms with van der Waals surface area (Å²) in [5.74, 6) is 0.400. The van der Waals surface area contributed by atoms with E-state index in [0.29, 0.717) is 11.5 Å². The molecule has 2 nitrogen and oxygen atoms in total. The van der Waals surface area contributed by atoms with Gasteiger partial charge in [0.15, 0.2) is 0 Å². The maximum absolute atomic E-state index is 12.4. The lowest BCUT2D eigenvalue weighted by atomic mass is 10.0. The van der Waals surface area contributed by atoms with Crippen molar-refractivity contribution in [2.24, 2.45) is 0 Å². The van der Waals surface area contributed by atoms with E-state index in [-0.39, 0.29) is 5.91 Å². The van der Waals surface area contributed by atoms with Crippen molar-refractivity contribution in [2.75, 3.05) is 5.32 Å². The van der Waals surface area contributed by atoms with Gasteiger partial charge in [-0.05, 0) is 60.7 Å². The lowest BCUT2D eigenvalue weighted by molar-refractivity contribution is 0.102. The third-order valence-corrected chi connectivity index (χ3v) is 4.03. The Morgan fingerprint density at radius 1 is 1.05 bits per heavy atom. The van der Waals surface area contributed by atoms with Crippen molar-refractivity contribution in [1.29, 1.82) is 0 Å². The summed E-state index contributed by atoms with van der Waals surface area (Å²) in [6.45, 7) is 8.28. The molecule has 1 amide bonds. The number of anilines is 1. The predicted octanol–water partition coefficient (Wildman–Crippen LogP) is 5.44. The van der Waals surface area contributed by atoms with Crippen molar-refractivity contribution >= 4 is 27.5 Å². The molecule has 0 aliphatic carbocycles.